The van der Waals surface area contributed by atoms with Gasteiger partial charge in [0.1, 0.15) is 5.60 Å². The molecule has 1 atom stereocenters. The van der Waals surface area contributed by atoms with Crippen molar-refractivity contribution in [1.82, 2.24) is 0 Å². The molecule has 1 heterocycles. The van der Waals surface area contributed by atoms with Crippen LogP contribution in [0.1, 0.15) is 18.9 Å². The Morgan fingerprint density at radius 3 is 2.89 bits per heavy atom. The van der Waals surface area contributed by atoms with Crippen LogP contribution in [0.4, 0.5) is 10.5 Å². The van der Waals surface area contributed by atoms with Crippen molar-refractivity contribution < 1.29 is 9.53 Å². The Balaban J connectivity index is 2.24. The Morgan fingerprint density at radius 1 is 1.56 bits per heavy atom. The zero-order chi connectivity index (χ0) is 13.3. The van der Waals surface area contributed by atoms with Crippen molar-refractivity contribution in [3.8, 4) is 0 Å². The summed E-state index contributed by atoms with van der Waals surface area (Å²) in [4.78, 5) is 13.5. The fraction of sp³-hybridized carbons (Fsp3) is 0.462. The number of ether oxygens (including phenoxy) is 1. The smallest absolute Gasteiger partial charge is 0.415 e. The van der Waals surface area contributed by atoms with Gasteiger partial charge in [-0.2, -0.15) is 0 Å². The summed E-state index contributed by atoms with van der Waals surface area (Å²) in [5.74, 6) is 0. The van der Waals surface area contributed by atoms with Gasteiger partial charge in [0.25, 0.3) is 0 Å². The molecule has 2 rings (SSSR count). The number of aryl methyl sites for hydroxylation is 1. The zero-order valence-electron chi connectivity index (χ0n) is 10.6. The first-order chi connectivity index (χ1) is 8.45. The molecule has 1 aromatic rings. The molecule has 0 saturated carbocycles. The monoisotopic (exact) mass is 268 g/mol. The van der Waals surface area contributed by atoms with Crippen molar-refractivity contribution in [3.63, 3.8) is 0 Å². The van der Waals surface area contributed by atoms with Crippen molar-refractivity contribution in [2.45, 2.75) is 25.9 Å². The van der Waals surface area contributed by atoms with E-state index in [0.29, 0.717) is 24.5 Å². The minimum Gasteiger partial charge on any atom is -0.441 e. The van der Waals surface area contributed by atoms with Crippen LogP contribution in [-0.4, -0.2) is 24.8 Å². The molecule has 1 aromatic carbocycles. The van der Waals surface area contributed by atoms with Crippen LogP contribution in [0.5, 0.6) is 0 Å². The van der Waals surface area contributed by atoms with Crippen LogP contribution in [0, 0.1) is 6.92 Å². The average Bonchev–Trinajstić information content (AvgIpc) is 2.59. The first-order valence-corrected chi connectivity index (χ1v) is 6.30. The van der Waals surface area contributed by atoms with Gasteiger partial charge in [0.2, 0.25) is 0 Å². The maximum absolute atomic E-state index is 11.9. The molecule has 1 aliphatic rings. The summed E-state index contributed by atoms with van der Waals surface area (Å²) in [7, 11) is 0. The number of nitrogens with zero attached hydrogens (tertiary/aromatic N) is 1. The van der Waals surface area contributed by atoms with Crippen molar-refractivity contribution >= 4 is 23.4 Å². The lowest BCUT2D eigenvalue weighted by atomic mass is 10.0. The molecule has 2 N–H and O–H groups in total. The highest BCUT2D eigenvalue weighted by molar-refractivity contribution is 6.31. The van der Waals surface area contributed by atoms with Crippen LogP contribution in [0.2, 0.25) is 5.02 Å². The van der Waals surface area contributed by atoms with Gasteiger partial charge in [0.15, 0.2) is 0 Å². The molecule has 0 aliphatic carbocycles. The Kier molecular flexibility index (Phi) is 3.50. The molecular weight excluding hydrogens is 252 g/mol. The quantitative estimate of drug-likeness (QED) is 0.917. The van der Waals surface area contributed by atoms with Gasteiger partial charge >= 0.3 is 6.09 Å². The predicted molar refractivity (Wildman–Crippen MR) is 72.1 cm³/mol. The van der Waals surface area contributed by atoms with E-state index in [-0.39, 0.29) is 6.09 Å². The highest BCUT2D eigenvalue weighted by Crippen LogP contribution is 2.31. The average molecular weight is 269 g/mol. The minimum atomic E-state index is -0.511. The summed E-state index contributed by atoms with van der Waals surface area (Å²) in [6.07, 6.45) is 0.306. The number of cyclic esters (lactones) is 1. The first-order valence-electron chi connectivity index (χ1n) is 5.92. The molecule has 1 fully saturated rings. The van der Waals surface area contributed by atoms with Crippen molar-refractivity contribution in [2.24, 2.45) is 5.73 Å². The maximum atomic E-state index is 11.9. The number of carbonyl (C=O) groups excluding carboxylic acids is 1. The first kappa shape index (κ1) is 13.2. The third kappa shape index (κ3) is 2.44. The van der Waals surface area contributed by atoms with Gasteiger partial charge in [-0.1, -0.05) is 17.7 Å². The number of nitrogens with two attached hydrogens (primary N) is 1. The number of benzene rings is 1. The van der Waals surface area contributed by atoms with Gasteiger partial charge in [-0.15, -0.1) is 0 Å². The number of anilines is 1. The van der Waals surface area contributed by atoms with Crippen molar-refractivity contribution in [3.05, 3.63) is 28.8 Å². The summed E-state index contributed by atoms with van der Waals surface area (Å²) >= 11 is 6.07. The van der Waals surface area contributed by atoms with E-state index >= 15 is 0 Å². The van der Waals surface area contributed by atoms with Crippen LogP contribution in [0.15, 0.2) is 18.2 Å². The molecule has 0 radical (unpaired) electrons. The fourth-order valence-corrected chi connectivity index (χ4v) is 2.25. The van der Waals surface area contributed by atoms with Crippen molar-refractivity contribution in [2.75, 3.05) is 18.0 Å². The van der Waals surface area contributed by atoms with Gasteiger partial charge in [0.05, 0.1) is 6.54 Å². The lowest BCUT2D eigenvalue weighted by Crippen LogP contribution is -2.33. The molecule has 1 amide bonds. The molecule has 1 saturated heterocycles. The lowest BCUT2D eigenvalue weighted by Gasteiger charge is -2.20. The van der Waals surface area contributed by atoms with Crippen LogP contribution >= 0.6 is 11.6 Å². The Labute approximate surface area is 112 Å². The van der Waals surface area contributed by atoms with E-state index in [9.17, 15) is 4.79 Å². The molecule has 0 bridgehead atoms. The Bertz CT molecular complexity index is 478. The predicted octanol–water partition coefficient (Wildman–Crippen LogP) is 2.71. The molecular formula is C13H17ClN2O2. The molecule has 18 heavy (non-hydrogen) atoms. The standard InChI is InChI=1S/C13H17ClN2O2/c1-9-3-4-10(7-11(9)14)16-8-13(2,5-6-15)18-12(16)17/h3-4,7H,5-6,8,15H2,1-2H3. The summed E-state index contributed by atoms with van der Waals surface area (Å²) in [5, 5.41) is 0.646. The molecule has 98 valence electrons. The van der Waals surface area contributed by atoms with Crippen LogP contribution < -0.4 is 10.6 Å². The lowest BCUT2D eigenvalue weighted by molar-refractivity contribution is 0.0672. The normalized spacial score (nSPS) is 23.3. The summed E-state index contributed by atoms with van der Waals surface area (Å²) < 4.78 is 5.39. The summed E-state index contributed by atoms with van der Waals surface area (Å²) in [6.45, 7) is 4.81. The molecule has 1 unspecified atom stereocenters. The van der Waals surface area contributed by atoms with E-state index in [4.69, 9.17) is 22.1 Å². The maximum Gasteiger partial charge on any atom is 0.415 e. The summed E-state index contributed by atoms with van der Waals surface area (Å²) in [6, 6.07) is 5.55. The van der Waals surface area contributed by atoms with Gasteiger partial charge < -0.3 is 10.5 Å². The van der Waals surface area contributed by atoms with E-state index in [1.807, 2.05) is 26.0 Å². The molecule has 5 heteroatoms. The Morgan fingerprint density at radius 2 is 2.28 bits per heavy atom. The molecule has 0 spiro atoms. The second-order valence-electron chi connectivity index (χ2n) is 4.88. The van der Waals surface area contributed by atoms with Crippen molar-refractivity contribution in [1.29, 1.82) is 0 Å². The second kappa shape index (κ2) is 4.78. The van der Waals surface area contributed by atoms with Gasteiger partial charge in [-0.05, 0) is 38.1 Å². The van der Waals surface area contributed by atoms with Crippen LogP contribution in [-0.2, 0) is 4.74 Å². The third-order valence-electron chi connectivity index (χ3n) is 3.19. The number of rotatable bonds is 3. The Hall–Kier alpha value is -1.26. The zero-order valence-corrected chi connectivity index (χ0v) is 11.3. The number of amides is 1. The largest absolute Gasteiger partial charge is 0.441 e. The number of carbonyl (C=O) groups is 1. The van der Waals surface area contributed by atoms with Gasteiger partial charge in [0, 0.05) is 17.1 Å². The van der Waals surface area contributed by atoms with Gasteiger partial charge in [-0.25, -0.2) is 4.79 Å². The van der Waals surface area contributed by atoms with Gasteiger partial charge in [-0.3, -0.25) is 4.90 Å². The minimum absolute atomic E-state index is 0.342. The number of hydrogen-bond donors (Lipinski definition) is 1. The summed E-state index contributed by atoms with van der Waals surface area (Å²) in [5.41, 5.74) is 6.77. The van der Waals surface area contributed by atoms with E-state index in [2.05, 4.69) is 0 Å². The molecule has 4 nitrogen and oxygen atoms in total. The van der Waals surface area contributed by atoms with E-state index in [0.717, 1.165) is 11.3 Å². The number of halogens is 1. The highest BCUT2D eigenvalue weighted by Gasteiger charge is 2.41. The highest BCUT2D eigenvalue weighted by atomic mass is 35.5. The van der Waals surface area contributed by atoms with Crippen LogP contribution in [0.3, 0.4) is 0 Å². The molecule has 1 aliphatic heterocycles. The second-order valence-corrected chi connectivity index (χ2v) is 5.28. The van der Waals surface area contributed by atoms with E-state index in [1.54, 1.807) is 11.0 Å². The molecule has 0 aromatic heterocycles. The fourth-order valence-electron chi connectivity index (χ4n) is 2.08. The SMILES string of the molecule is Cc1ccc(N2CC(C)(CCN)OC2=O)cc1Cl. The third-order valence-corrected chi connectivity index (χ3v) is 3.59. The topological polar surface area (TPSA) is 55.6 Å². The number of hydrogen-bond acceptors (Lipinski definition) is 3. The van der Waals surface area contributed by atoms with E-state index in [1.165, 1.54) is 0 Å². The van der Waals surface area contributed by atoms with Crippen LogP contribution in [0.25, 0.3) is 0 Å². The van der Waals surface area contributed by atoms with E-state index < -0.39 is 5.60 Å².